The Labute approximate surface area is 162 Å². The zero-order valence-electron chi connectivity index (χ0n) is 16.2. The molecule has 9 nitrogen and oxygen atoms in total. The predicted molar refractivity (Wildman–Crippen MR) is 108 cm³/mol. The molecule has 1 atom stereocenters. The van der Waals surface area contributed by atoms with E-state index in [0.717, 1.165) is 5.56 Å². The highest BCUT2D eigenvalue weighted by atomic mass is 16.5. The van der Waals surface area contributed by atoms with Gasteiger partial charge in [-0.05, 0) is 18.9 Å². The Bertz CT molecular complexity index is 889. The smallest absolute Gasteiger partial charge is 0.330 e. The van der Waals surface area contributed by atoms with Crippen LogP contribution in [-0.2, 0) is 22.6 Å². The first-order chi connectivity index (χ1) is 13.4. The van der Waals surface area contributed by atoms with E-state index in [4.69, 9.17) is 10.5 Å². The summed E-state index contributed by atoms with van der Waals surface area (Å²) in [5.74, 6) is -0.201. The monoisotopic (exact) mass is 389 g/mol. The molecule has 0 saturated heterocycles. The number of nitrogens with zero attached hydrogens (tertiary/aromatic N) is 1. The van der Waals surface area contributed by atoms with E-state index in [0.29, 0.717) is 13.0 Å². The molecule has 1 amide bonds. The number of anilines is 2. The van der Waals surface area contributed by atoms with Crippen molar-refractivity contribution < 1.29 is 9.53 Å². The van der Waals surface area contributed by atoms with Crippen molar-refractivity contribution >= 4 is 17.4 Å². The SMILES string of the molecule is COCCn1c(NC(=O)CCC(C)N)c(NCc2ccccc2)c(=O)[nH]c1=O. The van der Waals surface area contributed by atoms with Gasteiger partial charge in [-0.25, -0.2) is 4.79 Å². The summed E-state index contributed by atoms with van der Waals surface area (Å²) in [6, 6.07) is 9.35. The van der Waals surface area contributed by atoms with Crippen molar-refractivity contribution in [1.82, 2.24) is 9.55 Å². The molecule has 1 aromatic carbocycles. The minimum atomic E-state index is -0.616. The minimum Gasteiger partial charge on any atom is -0.383 e. The number of hydrogen-bond acceptors (Lipinski definition) is 6. The van der Waals surface area contributed by atoms with Crippen LogP contribution in [0.5, 0.6) is 0 Å². The summed E-state index contributed by atoms with van der Waals surface area (Å²) in [4.78, 5) is 39.3. The molecule has 5 N–H and O–H groups in total. The van der Waals surface area contributed by atoms with Crippen molar-refractivity contribution in [3.8, 4) is 0 Å². The average Bonchev–Trinajstić information content (AvgIpc) is 2.66. The Morgan fingerprint density at radius 3 is 2.64 bits per heavy atom. The lowest BCUT2D eigenvalue weighted by molar-refractivity contribution is -0.116. The molecular weight excluding hydrogens is 362 g/mol. The number of hydrogen-bond donors (Lipinski definition) is 4. The third-order valence-electron chi connectivity index (χ3n) is 4.12. The van der Waals surface area contributed by atoms with E-state index in [9.17, 15) is 14.4 Å². The van der Waals surface area contributed by atoms with Gasteiger partial charge in [0.15, 0.2) is 0 Å². The minimum absolute atomic E-state index is 0.119. The molecule has 0 spiro atoms. The molecule has 9 heteroatoms. The topological polar surface area (TPSA) is 131 Å². The van der Waals surface area contributed by atoms with Gasteiger partial charge < -0.3 is 21.1 Å². The molecular formula is C19H27N5O4. The van der Waals surface area contributed by atoms with Crippen LogP contribution >= 0.6 is 0 Å². The summed E-state index contributed by atoms with van der Waals surface area (Å²) in [6.45, 7) is 2.58. The Kier molecular flexibility index (Phi) is 7.97. The van der Waals surface area contributed by atoms with Gasteiger partial charge in [-0.2, -0.15) is 0 Å². The van der Waals surface area contributed by atoms with Crippen LogP contribution in [0.2, 0.25) is 0 Å². The molecule has 0 aliphatic heterocycles. The first kappa shape index (κ1) is 21.4. The summed E-state index contributed by atoms with van der Waals surface area (Å²) in [7, 11) is 1.51. The van der Waals surface area contributed by atoms with Gasteiger partial charge in [0.2, 0.25) is 5.91 Å². The van der Waals surface area contributed by atoms with Crippen LogP contribution < -0.4 is 27.6 Å². The summed E-state index contributed by atoms with van der Waals surface area (Å²) < 4.78 is 6.32. The molecule has 2 rings (SSSR count). The maximum Gasteiger partial charge on any atom is 0.330 e. The summed E-state index contributed by atoms with van der Waals surface area (Å²) >= 11 is 0. The number of nitrogens with two attached hydrogens (primary N) is 1. The van der Waals surface area contributed by atoms with E-state index >= 15 is 0 Å². The average molecular weight is 389 g/mol. The van der Waals surface area contributed by atoms with Crippen LogP contribution in [0.1, 0.15) is 25.3 Å². The fraction of sp³-hybridized carbons (Fsp3) is 0.421. The Hall–Kier alpha value is -2.91. The van der Waals surface area contributed by atoms with Crippen LogP contribution in [0.15, 0.2) is 39.9 Å². The highest BCUT2D eigenvalue weighted by Crippen LogP contribution is 2.17. The first-order valence-electron chi connectivity index (χ1n) is 9.11. The van der Waals surface area contributed by atoms with Gasteiger partial charge in [0.05, 0.1) is 13.2 Å². The number of amides is 1. The molecule has 0 aliphatic carbocycles. The lowest BCUT2D eigenvalue weighted by atomic mass is 10.2. The van der Waals surface area contributed by atoms with E-state index in [1.54, 1.807) is 0 Å². The molecule has 1 unspecified atom stereocenters. The van der Waals surface area contributed by atoms with Gasteiger partial charge in [-0.15, -0.1) is 0 Å². The molecule has 0 radical (unpaired) electrons. The molecule has 0 bridgehead atoms. The van der Waals surface area contributed by atoms with Crippen molar-refractivity contribution in [1.29, 1.82) is 0 Å². The van der Waals surface area contributed by atoms with Gasteiger partial charge in [-0.3, -0.25) is 19.1 Å². The van der Waals surface area contributed by atoms with Crippen LogP contribution in [0, 0.1) is 0 Å². The number of ether oxygens (including phenoxy) is 1. The first-order valence-corrected chi connectivity index (χ1v) is 9.11. The number of rotatable bonds is 10. The van der Waals surface area contributed by atoms with Crippen LogP contribution in [-0.4, -0.2) is 35.2 Å². The molecule has 1 aromatic heterocycles. The van der Waals surface area contributed by atoms with Crippen molar-refractivity contribution in [3.05, 3.63) is 56.7 Å². The standard InChI is InChI=1S/C19H27N5O4/c1-13(20)8-9-15(25)22-17-16(21-12-14-6-4-3-5-7-14)18(26)23-19(27)24(17)10-11-28-2/h3-7,13,21H,8-12,20H2,1-2H3,(H,22,25)(H,23,26,27). The number of H-pyrrole nitrogens is 1. The number of nitrogens with one attached hydrogen (secondary N) is 3. The number of carbonyl (C=O) groups excluding carboxylic acids is 1. The molecule has 0 aliphatic rings. The van der Waals surface area contributed by atoms with E-state index < -0.39 is 11.2 Å². The second kappa shape index (κ2) is 10.4. The molecule has 152 valence electrons. The normalized spacial score (nSPS) is 11.8. The Balaban J connectivity index is 2.35. The molecule has 0 saturated carbocycles. The number of carbonyl (C=O) groups is 1. The van der Waals surface area contributed by atoms with Crippen LogP contribution in [0.4, 0.5) is 11.5 Å². The highest BCUT2D eigenvalue weighted by Gasteiger charge is 2.17. The van der Waals surface area contributed by atoms with E-state index in [2.05, 4.69) is 15.6 Å². The number of methoxy groups -OCH3 is 1. The number of aromatic amines is 1. The lowest BCUT2D eigenvalue weighted by Crippen LogP contribution is -2.36. The third-order valence-corrected chi connectivity index (χ3v) is 4.12. The summed E-state index contributed by atoms with van der Waals surface area (Å²) in [5, 5.41) is 5.72. The quantitative estimate of drug-likeness (QED) is 0.477. The second-order valence-corrected chi connectivity index (χ2v) is 6.53. The maximum atomic E-state index is 12.4. The highest BCUT2D eigenvalue weighted by molar-refractivity contribution is 5.92. The van der Waals surface area contributed by atoms with Gasteiger partial charge in [-0.1, -0.05) is 30.3 Å². The lowest BCUT2D eigenvalue weighted by Gasteiger charge is -2.18. The largest absolute Gasteiger partial charge is 0.383 e. The van der Waals surface area contributed by atoms with Gasteiger partial charge in [0, 0.05) is 26.1 Å². The number of aromatic nitrogens is 2. The van der Waals surface area contributed by atoms with Gasteiger partial charge >= 0.3 is 5.69 Å². The third kappa shape index (κ3) is 6.07. The zero-order chi connectivity index (χ0) is 20.5. The van der Waals surface area contributed by atoms with Crippen molar-refractivity contribution in [3.63, 3.8) is 0 Å². The molecule has 28 heavy (non-hydrogen) atoms. The van der Waals surface area contributed by atoms with Gasteiger partial charge in [0.1, 0.15) is 11.5 Å². The fourth-order valence-corrected chi connectivity index (χ4v) is 2.60. The van der Waals surface area contributed by atoms with Crippen molar-refractivity contribution in [2.24, 2.45) is 5.73 Å². The van der Waals surface area contributed by atoms with E-state index in [1.165, 1.54) is 11.7 Å². The van der Waals surface area contributed by atoms with Crippen molar-refractivity contribution in [2.45, 2.75) is 38.9 Å². The van der Waals surface area contributed by atoms with E-state index in [-0.39, 0.29) is 43.0 Å². The maximum absolute atomic E-state index is 12.4. The van der Waals surface area contributed by atoms with E-state index in [1.807, 2.05) is 37.3 Å². The Morgan fingerprint density at radius 1 is 1.29 bits per heavy atom. The molecule has 2 aromatic rings. The van der Waals surface area contributed by atoms with Crippen molar-refractivity contribution in [2.75, 3.05) is 24.4 Å². The van der Waals surface area contributed by atoms with Crippen LogP contribution in [0.25, 0.3) is 0 Å². The van der Waals surface area contributed by atoms with Crippen LogP contribution in [0.3, 0.4) is 0 Å². The Morgan fingerprint density at radius 2 is 2.00 bits per heavy atom. The van der Waals surface area contributed by atoms with Gasteiger partial charge in [0.25, 0.3) is 5.56 Å². The number of benzene rings is 1. The summed E-state index contributed by atoms with van der Waals surface area (Å²) in [5.41, 5.74) is 5.55. The second-order valence-electron chi connectivity index (χ2n) is 6.53. The molecule has 1 heterocycles. The summed E-state index contributed by atoms with van der Waals surface area (Å²) in [6.07, 6.45) is 0.672. The predicted octanol–water partition coefficient (Wildman–Crippen LogP) is 0.861. The zero-order valence-corrected chi connectivity index (χ0v) is 16.2. The molecule has 0 fully saturated rings. The fourth-order valence-electron chi connectivity index (χ4n) is 2.60.